The number of fused-ring (bicyclic) bond motifs is 2. The van der Waals surface area contributed by atoms with Gasteiger partial charge in [0.25, 0.3) is 5.91 Å². The molecule has 4 nitrogen and oxygen atoms in total. The molecule has 2 atom stereocenters. The molecule has 2 bridgehead atoms. The average molecular weight is 411 g/mol. The second-order valence-corrected chi connectivity index (χ2v) is 6.96. The smallest absolute Gasteiger partial charge is 0.270 e. The highest BCUT2D eigenvalue weighted by Gasteiger charge is 2.40. The molecular weight excluding hydrogens is 389 g/mol. The number of hydrogen-bond donors (Lipinski definition) is 2. The molecule has 1 aromatic rings. The van der Waals surface area contributed by atoms with Crippen molar-refractivity contribution in [2.24, 2.45) is 17.6 Å². The quantitative estimate of drug-likeness (QED) is 0.785. The molecular formula is C15H22BrCl2N3O. The largest absolute Gasteiger partial charge is 0.347 e. The lowest BCUT2D eigenvalue weighted by atomic mass is 9.67. The van der Waals surface area contributed by atoms with Gasteiger partial charge in [-0.1, -0.05) is 6.42 Å². The van der Waals surface area contributed by atoms with Crippen LogP contribution < -0.4 is 11.1 Å². The zero-order chi connectivity index (χ0) is 14.1. The Bertz CT molecular complexity index is 486. The second kappa shape index (κ2) is 8.48. The predicted molar refractivity (Wildman–Crippen MR) is 95.7 cm³/mol. The van der Waals surface area contributed by atoms with Crippen LogP contribution in [-0.2, 0) is 0 Å². The van der Waals surface area contributed by atoms with Gasteiger partial charge in [-0.15, -0.1) is 24.8 Å². The van der Waals surface area contributed by atoms with E-state index in [9.17, 15) is 4.79 Å². The average Bonchev–Trinajstić information content (AvgIpc) is 2.40. The summed E-state index contributed by atoms with van der Waals surface area (Å²) in [6.07, 6.45) is 7.37. The van der Waals surface area contributed by atoms with E-state index in [0.717, 1.165) is 17.3 Å². The zero-order valence-electron chi connectivity index (χ0n) is 12.2. The van der Waals surface area contributed by atoms with Crippen molar-refractivity contribution < 1.29 is 4.79 Å². The molecule has 3 N–H and O–H groups in total. The first-order valence-electron chi connectivity index (χ1n) is 7.31. The van der Waals surface area contributed by atoms with Gasteiger partial charge in [-0.3, -0.25) is 4.79 Å². The number of carbonyl (C=O) groups excluding carboxylic acids is 1. The van der Waals surface area contributed by atoms with Crippen molar-refractivity contribution in [1.82, 2.24) is 10.3 Å². The molecule has 3 rings (SSSR count). The first kappa shape index (κ1) is 19.7. The molecule has 0 aliphatic heterocycles. The number of rotatable bonds is 2. The van der Waals surface area contributed by atoms with Crippen molar-refractivity contribution in [2.75, 3.05) is 0 Å². The third-order valence-corrected chi connectivity index (χ3v) is 5.10. The standard InChI is InChI=1S/C15H20BrN3O.2ClH/c16-11-4-5-13(18-8-11)15(20)19-14-9-2-1-3-10(14)7-12(17)6-9;;/h4-5,8-10,12,14H,1-3,6-7,17H2,(H,19,20);2*1H. The van der Waals surface area contributed by atoms with Gasteiger partial charge in [0.15, 0.2) is 0 Å². The molecule has 2 saturated carbocycles. The molecule has 0 radical (unpaired) electrons. The summed E-state index contributed by atoms with van der Waals surface area (Å²) < 4.78 is 0.884. The molecule has 0 saturated heterocycles. The minimum atomic E-state index is -0.0603. The van der Waals surface area contributed by atoms with Crippen molar-refractivity contribution in [3.05, 3.63) is 28.5 Å². The van der Waals surface area contributed by atoms with Gasteiger partial charge in [0.1, 0.15) is 5.69 Å². The van der Waals surface area contributed by atoms with E-state index in [1.54, 1.807) is 12.3 Å². The van der Waals surface area contributed by atoms with Crippen LogP contribution in [0, 0.1) is 11.8 Å². The molecule has 0 aromatic carbocycles. The van der Waals surface area contributed by atoms with Gasteiger partial charge in [0, 0.05) is 22.8 Å². The van der Waals surface area contributed by atoms with Crippen LogP contribution in [0.1, 0.15) is 42.6 Å². The van der Waals surface area contributed by atoms with E-state index in [-0.39, 0.29) is 36.8 Å². The Kier molecular flexibility index (Phi) is 7.59. The van der Waals surface area contributed by atoms with Crippen molar-refractivity contribution in [3.63, 3.8) is 0 Å². The SMILES string of the molecule is Cl.Cl.NC1CC2CCCC(C1)C2NC(=O)c1ccc(Br)cn1. The van der Waals surface area contributed by atoms with Crippen LogP contribution in [0.3, 0.4) is 0 Å². The maximum Gasteiger partial charge on any atom is 0.270 e. The van der Waals surface area contributed by atoms with Crippen LogP contribution in [0.2, 0.25) is 0 Å². The number of halogens is 3. The highest BCUT2D eigenvalue weighted by atomic mass is 79.9. The molecule has 1 aromatic heterocycles. The molecule has 2 fully saturated rings. The number of amides is 1. The number of nitrogens with zero attached hydrogens (tertiary/aromatic N) is 1. The van der Waals surface area contributed by atoms with Gasteiger partial charge in [-0.05, 0) is 65.6 Å². The van der Waals surface area contributed by atoms with E-state index >= 15 is 0 Å². The number of nitrogens with one attached hydrogen (secondary N) is 1. The summed E-state index contributed by atoms with van der Waals surface area (Å²) in [5.41, 5.74) is 6.60. The fourth-order valence-corrected chi connectivity index (χ4v) is 3.99. The Morgan fingerprint density at radius 1 is 1.23 bits per heavy atom. The monoisotopic (exact) mass is 409 g/mol. The summed E-state index contributed by atoms with van der Waals surface area (Å²) in [6.45, 7) is 0. The van der Waals surface area contributed by atoms with Crippen molar-refractivity contribution in [3.8, 4) is 0 Å². The number of pyridine rings is 1. The highest BCUT2D eigenvalue weighted by Crippen LogP contribution is 2.39. The molecule has 1 heterocycles. The molecule has 2 aliphatic carbocycles. The zero-order valence-corrected chi connectivity index (χ0v) is 15.4. The molecule has 124 valence electrons. The normalized spacial score (nSPS) is 29.7. The van der Waals surface area contributed by atoms with Gasteiger partial charge in [-0.25, -0.2) is 4.98 Å². The second-order valence-electron chi connectivity index (χ2n) is 6.04. The topological polar surface area (TPSA) is 68.0 Å². The Labute approximate surface area is 152 Å². The van der Waals surface area contributed by atoms with Crippen LogP contribution in [-0.4, -0.2) is 23.0 Å². The Morgan fingerprint density at radius 3 is 2.41 bits per heavy atom. The van der Waals surface area contributed by atoms with Crippen molar-refractivity contribution in [1.29, 1.82) is 0 Å². The van der Waals surface area contributed by atoms with Crippen LogP contribution >= 0.6 is 40.7 Å². The summed E-state index contributed by atoms with van der Waals surface area (Å²) in [5.74, 6) is 1.02. The van der Waals surface area contributed by atoms with Crippen LogP contribution in [0.15, 0.2) is 22.8 Å². The first-order chi connectivity index (χ1) is 9.63. The van der Waals surface area contributed by atoms with E-state index in [4.69, 9.17) is 5.73 Å². The van der Waals surface area contributed by atoms with Gasteiger partial charge in [-0.2, -0.15) is 0 Å². The van der Waals surface area contributed by atoms with Gasteiger partial charge >= 0.3 is 0 Å². The van der Waals surface area contributed by atoms with Crippen molar-refractivity contribution in [2.45, 2.75) is 44.2 Å². The van der Waals surface area contributed by atoms with Crippen LogP contribution in [0.4, 0.5) is 0 Å². The van der Waals surface area contributed by atoms with Gasteiger partial charge in [0.2, 0.25) is 0 Å². The molecule has 0 spiro atoms. The molecule has 22 heavy (non-hydrogen) atoms. The number of hydrogen-bond acceptors (Lipinski definition) is 3. The molecule has 1 amide bonds. The minimum absolute atomic E-state index is 0. The third kappa shape index (κ3) is 4.34. The van der Waals surface area contributed by atoms with E-state index < -0.39 is 0 Å². The maximum absolute atomic E-state index is 12.3. The van der Waals surface area contributed by atoms with E-state index in [0.29, 0.717) is 23.6 Å². The number of carbonyl (C=O) groups is 1. The summed E-state index contributed by atoms with van der Waals surface area (Å²) in [4.78, 5) is 16.5. The Hall–Kier alpha value is -0.360. The lowest BCUT2D eigenvalue weighted by Gasteiger charge is -2.45. The Balaban J connectivity index is 0.00000121. The summed E-state index contributed by atoms with van der Waals surface area (Å²) in [6, 6.07) is 4.19. The summed E-state index contributed by atoms with van der Waals surface area (Å²) >= 11 is 3.33. The van der Waals surface area contributed by atoms with Crippen LogP contribution in [0.5, 0.6) is 0 Å². The lowest BCUT2D eigenvalue weighted by molar-refractivity contribution is 0.0751. The van der Waals surface area contributed by atoms with Gasteiger partial charge in [0.05, 0.1) is 0 Å². The third-order valence-electron chi connectivity index (χ3n) is 4.63. The summed E-state index contributed by atoms with van der Waals surface area (Å²) in [5, 5.41) is 3.20. The Morgan fingerprint density at radius 2 is 1.86 bits per heavy atom. The summed E-state index contributed by atoms with van der Waals surface area (Å²) in [7, 11) is 0. The number of nitrogens with two attached hydrogens (primary N) is 1. The number of aromatic nitrogens is 1. The fourth-order valence-electron chi connectivity index (χ4n) is 3.76. The van der Waals surface area contributed by atoms with Crippen molar-refractivity contribution >= 4 is 46.7 Å². The molecule has 7 heteroatoms. The highest BCUT2D eigenvalue weighted by molar-refractivity contribution is 9.10. The van der Waals surface area contributed by atoms with E-state index in [1.165, 1.54) is 19.3 Å². The predicted octanol–water partition coefficient (Wildman–Crippen LogP) is 3.32. The minimum Gasteiger partial charge on any atom is -0.347 e. The van der Waals surface area contributed by atoms with Gasteiger partial charge < -0.3 is 11.1 Å². The lowest BCUT2D eigenvalue weighted by Crippen LogP contribution is -2.53. The van der Waals surface area contributed by atoms with Crippen LogP contribution in [0.25, 0.3) is 0 Å². The van der Waals surface area contributed by atoms with E-state index in [2.05, 4.69) is 26.2 Å². The maximum atomic E-state index is 12.3. The fraction of sp³-hybridized carbons (Fsp3) is 0.600. The molecule has 2 unspecified atom stereocenters. The van der Waals surface area contributed by atoms with E-state index in [1.807, 2.05) is 6.07 Å². The first-order valence-corrected chi connectivity index (χ1v) is 8.11. The molecule has 2 aliphatic rings.